The number of likely N-dealkylation sites (tertiary alicyclic amines) is 1. The van der Waals surface area contributed by atoms with E-state index in [1.807, 2.05) is 19.9 Å². The van der Waals surface area contributed by atoms with Gasteiger partial charge in [-0.15, -0.1) is 0 Å². The first-order valence-electron chi connectivity index (χ1n) is 47.6. The number of anilines is 1. The highest BCUT2D eigenvalue weighted by molar-refractivity contribution is 6.15. The average Bonchev–Trinajstić information content (AvgIpc) is 1.82. The molecule has 139 heavy (non-hydrogen) atoms. The SMILES string of the molecule is CC[C@H](C)[C@@H]([C@@H](CC(=O)N1CCC[C@H]1[C@H](OC)[C@@H](C)C(=O)N[C@H](C)[C@@H](O)c1ccccc1)OC)N(C)C(=O)[C@@H](NC(=O)[C@H](C(C)C)N(C)C(=O)OCc1ccc(O[C@@H]2OC(C(=O)O)=C[C@H](O)[C@H]2O)c(NC(=O)CCNC(=O)[C@H](CCCCNC(=O)CCOCCOCCOCCOCCOCCOCCOCCOCCOCCOCCOCCOC)NC(=O)C(CN)N2C(=O)C=CC2=O)c1)C(C)C. The minimum absolute atomic E-state index is 0.0237. The maximum absolute atomic E-state index is 15.0. The van der Waals surface area contributed by atoms with Crippen molar-refractivity contribution in [2.24, 2.45) is 29.4 Å². The number of carbonyl (C=O) groups is 12. The van der Waals surface area contributed by atoms with Crippen molar-refractivity contribution in [2.75, 3.05) is 219 Å². The molecule has 3 heterocycles. The number of hydrogen-bond donors (Lipinski definition) is 11. The Kier molecular flexibility index (Phi) is 58.5. The second kappa shape index (κ2) is 67.8. The zero-order chi connectivity index (χ0) is 102. The molecule has 2 aromatic carbocycles. The number of rotatable bonds is 75. The van der Waals surface area contributed by atoms with E-state index in [0.29, 0.717) is 175 Å². The molecule has 44 nitrogen and oxygen atoms in total. The fourth-order valence-electron chi connectivity index (χ4n) is 15.4. The molecule has 3 aliphatic rings. The number of aliphatic hydroxyl groups excluding tert-OH is 3. The second-order valence-corrected chi connectivity index (χ2v) is 34.2. The molecule has 5 rings (SSSR count). The van der Waals surface area contributed by atoms with Gasteiger partial charge in [0, 0.05) is 86.6 Å². The smallest absolute Gasteiger partial charge is 0.410 e. The van der Waals surface area contributed by atoms with E-state index in [1.54, 1.807) is 84.9 Å². The summed E-state index contributed by atoms with van der Waals surface area (Å²) in [5, 5.41) is 58.7. The molecule has 12 N–H and O–H groups in total. The van der Waals surface area contributed by atoms with Gasteiger partial charge in [0.25, 0.3) is 18.1 Å². The summed E-state index contributed by atoms with van der Waals surface area (Å²) < 4.78 is 94.5. The molecule has 1 unspecified atom stereocenters. The third-order valence-electron chi connectivity index (χ3n) is 23.2. The lowest BCUT2D eigenvalue weighted by Gasteiger charge is -2.41. The summed E-state index contributed by atoms with van der Waals surface area (Å²) in [6, 6.07) is 5.75. The molecule has 0 radical (unpaired) electrons. The van der Waals surface area contributed by atoms with Crippen LogP contribution in [0.15, 0.2) is 72.5 Å². The predicted molar refractivity (Wildman–Crippen MR) is 503 cm³/mol. The minimum Gasteiger partial charge on any atom is -0.475 e. The van der Waals surface area contributed by atoms with Crippen molar-refractivity contribution >= 4 is 76.8 Å². The maximum Gasteiger partial charge on any atom is 0.410 e. The number of nitrogens with two attached hydrogens (primary N) is 1. The number of carbonyl (C=O) groups excluding carboxylic acids is 11. The molecule has 2 aromatic rings. The average molecular weight is 1980 g/mol. The number of benzene rings is 2. The highest BCUT2D eigenvalue weighted by atomic mass is 16.7. The zero-order valence-corrected chi connectivity index (χ0v) is 82.8. The summed E-state index contributed by atoms with van der Waals surface area (Å²) in [5.74, 6) is -11.1. The van der Waals surface area contributed by atoms with Crippen LogP contribution in [0.25, 0.3) is 0 Å². The van der Waals surface area contributed by atoms with Gasteiger partial charge in [-0.2, -0.15) is 0 Å². The molecule has 0 aliphatic carbocycles. The largest absolute Gasteiger partial charge is 0.475 e. The van der Waals surface area contributed by atoms with Crippen LogP contribution in [0, 0.1) is 23.7 Å². The highest BCUT2D eigenvalue weighted by Crippen LogP contribution is 2.34. The Balaban J connectivity index is 1.09. The number of likely N-dealkylation sites (N-methyl/N-ethyl adjacent to an activating group) is 2. The third-order valence-corrected chi connectivity index (χ3v) is 23.2. The van der Waals surface area contributed by atoms with Gasteiger partial charge in [-0.05, 0) is 86.1 Å². The van der Waals surface area contributed by atoms with E-state index < -0.39 is 182 Å². The standard InChI is InChI=1S/C95H153N11O33/c1-14-64(6)84(75(124-12)59-81(112)105-33-20-24-71(105)87(125-13)65(7)88(115)99-66(8)85(113)68-21-16-15-17-22-68)103(9)92(119)82(62(2)3)102-91(118)83(63(4)5)104(10)95(122)137-61-67-25-26-74(138-94-86(114)73(107)58-76(139-94)93(120)121)70(57-67)100-78(109)29-32-98-89(116)69(101-90(117)72(60-96)106-79(110)27-28-80(106)111)23-18-19-31-97-77(108)30-34-126-37-38-128-41-42-130-45-46-132-49-50-134-53-54-136-56-55-135-52-51-133-48-47-131-44-43-129-40-39-127-36-35-123-11/h15-17,21-22,25-28,57-58,62-66,69,71-73,75,82-87,94,107,113-114H,14,18-20,23-24,29-56,59-61,96H2,1-13H3,(H,97,108)(H,98,116)(H,99,115)(H,100,109)(H,101,117)(H,102,118)(H,120,121)/t64-,65+,66+,69-,71-,72?,73-,75+,82-,83-,84-,85+,86+,87+,94+/m0/s1. The van der Waals surface area contributed by atoms with E-state index >= 15 is 4.79 Å². The van der Waals surface area contributed by atoms with Crippen molar-refractivity contribution in [2.45, 2.75) is 199 Å². The van der Waals surface area contributed by atoms with Gasteiger partial charge in [0.1, 0.15) is 42.6 Å². The quantitative estimate of drug-likeness (QED) is 0.0331. The summed E-state index contributed by atoms with van der Waals surface area (Å²) in [6.45, 7) is 22.6. The van der Waals surface area contributed by atoms with Gasteiger partial charge in [-0.3, -0.25) is 57.7 Å². The van der Waals surface area contributed by atoms with Gasteiger partial charge < -0.3 is 148 Å². The summed E-state index contributed by atoms with van der Waals surface area (Å²) in [7, 11) is 7.49. The second-order valence-electron chi connectivity index (χ2n) is 34.2. The Hall–Kier alpha value is -9.56. The number of hydrogen-bond acceptors (Lipinski definition) is 33. The Bertz CT molecular complexity index is 4050. The first-order chi connectivity index (χ1) is 66.7. The number of carboxylic acid groups (broad SMARTS) is 1. The number of aliphatic hydroxyl groups is 3. The molecular weight excluding hydrogens is 1820 g/mol. The first-order valence-corrected chi connectivity index (χ1v) is 47.6. The fourth-order valence-corrected chi connectivity index (χ4v) is 15.4. The van der Waals surface area contributed by atoms with Gasteiger partial charge in [0.15, 0.2) is 6.10 Å². The number of amides is 11. The molecule has 15 atom stereocenters. The Morgan fingerprint density at radius 1 is 0.597 bits per heavy atom. The lowest BCUT2D eigenvalue weighted by molar-refractivity contribution is -0.172. The molecule has 0 spiro atoms. The Labute approximate surface area is 814 Å². The van der Waals surface area contributed by atoms with Crippen molar-refractivity contribution in [3.8, 4) is 5.75 Å². The van der Waals surface area contributed by atoms with Crippen molar-refractivity contribution in [1.82, 2.24) is 46.2 Å². The Morgan fingerprint density at radius 3 is 1.63 bits per heavy atom. The van der Waals surface area contributed by atoms with E-state index in [-0.39, 0.29) is 92.7 Å². The number of carboxylic acids is 1. The van der Waals surface area contributed by atoms with E-state index in [9.17, 15) is 73.2 Å². The number of nitrogens with zero attached hydrogens (tertiary/aromatic N) is 4. The minimum atomic E-state index is -1.88. The van der Waals surface area contributed by atoms with E-state index in [4.69, 9.17) is 86.3 Å². The van der Waals surface area contributed by atoms with Crippen LogP contribution in [0.3, 0.4) is 0 Å². The predicted octanol–water partition coefficient (Wildman–Crippen LogP) is 1.69. The first kappa shape index (κ1) is 120. The Morgan fingerprint density at radius 2 is 1.14 bits per heavy atom. The number of ether oxygens (including phenoxy) is 17. The third kappa shape index (κ3) is 43.0. The van der Waals surface area contributed by atoms with E-state index in [2.05, 4.69) is 31.9 Å². The lowest BCUT2D eigenvalue weighted by atomic mass is 9.89. The maximum atomic E-state index is 15.0. The van der Waals surface area contributed by atoms with Crippen LogP contribution in [-0.2, 0) is 135 Å². The summed E-state index contributed by atoms with van der Waals surface area (Å²) in [6.07, 6.45) is -4.82. The molecule has 0 saturated carbocycles. The normalized spacial score (nSPS) is 17.7. The molecular formula is C95H153N11O33. The van der Waals surface area contributed by atoms with Crippen LogP contribution in [0.2, 0.25) is 0 Å². The molecule has 786 valence electrons. The van der Waals surface area contributed by atoms with Crippen LogP contribution in [-0.4, -0.2) is 398 Å². The van der Waals surface area contributed by atoms with Crippen molar-refractivity contribution in [1.29, 1.82) is 0 Å². The van der Waals surface area contributed by atoms with Crippen LogP contribution in [0.1, 0.15) is 130 Å². The number of aliphatic carboxylic acids is 1. The summed E-state index contributed by atoms with van der Waals surface area (Å²) >= 11 is 0. The molecule has 1 fully saturated rings. The molecule has 44 heteroatoms. The summed E-state index contributed by atoms with van der Waals surface area (Å²) in [4.78, 5) is 169. The summed E-state index contributed by atoms with van der Waals surface area (Å²) in [5.41, 5.74) is 6.54. The lowest BCUT2D eigenvalue weighted by Crippen LogP contribution is -2.60. The van der Waals surface area contributed by atoms with Crippen LogP contribution < -0.4 is 42.4 Å². The zero-order valence-electron chi connectivity index (χ0n) is 82.8. The molecule has 0 aromatic heterocycles. The van der Waals surface area contributed by atoms with Gasteiger partial charge in [-0.1, -0.05) is 91.3 Å². The van der Waals surface area contributed by atoms with Gasteiger partial charge in [-0.25, -0.2) is 9.59 Å². The number of imide groups is 1. The molecule has 1 saturated heterocycles. The molecule has 0 bridgehead atoms. The van der Waals surface area contributed by atoms with Crippen molar-refractivity contribution < 1.29 is 158 Å². The van der Waals surface area contributed by atoms with Crippen LogP contribution >= 0.6 is 0 Å². The number of unbranched alkanes of at least 4 members (excludes halogenated alkanes) is 1. The van der Waals surface area contributed by atoms with Gasteiger partial charge >= 0.3 is 12.1 Å². The van der Waals surface area contributed by atoms with Crippen LogP contribution in [0.4, 0.5) is 10.5 Å². The highest BCUT2D eigenvalue weighted by Gasteiger charge is 2.46. The monoisotopic (exact) mass is 1980 g/mol. The van der Waals surface area contributed by atoms with Crippen LogP contribution in [0.5, 0.6) is 5.75 Å². The topological polar surface area (TPSA) is 554 Å². The molecule has 11 amide bonds. The van der Waals surface area contributed by atoms with Gasteiger partial charge in [0.2, 0.25) is 53.0 Å². The number of methoxy groups -OCH3 is 3. The van der Waals surface area contributed by atoms with E-state index in [1.165, 1.54) is 44.4 Å². The number of nitrogens with one attached hydrogen (secondary N) is 6. The van der Waals surface area contributed by atoms with Crippen molar-refractivity contribution in [3.05, 3.63) is 83.6 Å². The van der Waals surface area contributed by atoms with Crippen molar-refractivity contribution in [3.63, 3.8) is 0 Å². The fraction of sp³-hybridized carbons (Fsp3) is 0.705. The van der Waals surface area contributed by atoms with Gasteiger partial charge in [0.05, 0.1) is 206 Å². The molecule has 3 aliphatic heterocycles. The van der Waals surface area contributed by atoms with E-state index in [0.717, 1.165) is 23.1 Å².